The van der Waals surface area contributed by atoms with Crippen LogP contribution in [0.25, 0.3) is 10.9 Å². The van der Waals surface area contributed by atoms with Gasteiger partial charge in [-0.1, -0.05) is 6.07 Å². The van der Waals surface area contributed by atoms with Gasteiger partial charge in [-0.15, -0.1) is 0 Å². The molecule has 33 heavy (non-hydrogen) atoms. The standard InChI is InChI=1S/C24H28N4O4S/c1-32-22-8-4-6-18-17(22)11-19(27-18)24(31)28-13-16(33-2)10-20(28)23(30)26-15(12-25)9-14-5-3-7-21(14)29/h4,6,8,11,14-16,20,27H,3,5,7,9-10,13H2,1-2H3,(H,26,30). The molecule has 2 heterocycles. The number of nitriles is 1. The molecule has 2 aliphatic rings. The first-order valence-electron chi connectivity index (χ1n) is 11.2. The topological polar surface area (TPSA) is 115 Å². The number of methoxy groups -OCH3 is 1. The summed E-state index contributed by atoms with van der Waals surface area (Å²) in [5.41, 5.74) is 1.17. The summed E-state index contributed by atoms with van der Waals surface area (Å²) in [6.45, 7) is 0.447. The van der Waals surface area contributed by atoms with Gasteiger partial charge in [-0.25, -0.2) is 0 Å². The highest BCUT2D eigenvalue weighted by Gasteiger charge is 2.41. The summed E-state index contributed by atoms with van der Waals surface area (Å²) in [7, 11) is 1.58. The molecule has 0 bridgehead atoms. The molecule has 1 aliphatic heterocycles. The summed E-state index contributed by atoms with van der Waals surface area (Å²) in [6.07, 6.45) is 4.96. The maximum Gasteiger partial charge on any atom is 0.271 e. The Balaban J connectivity index is 1.52. The molecule has 1 aliphatic carbocycles. The lowest BCUT2D eigenvalue weighted by molar-refractivity contribution is -0.126. The Bertz CT molecular complexity index is 1110. The number of ether oxygens (including phenoxy) is 1. The van der Waals surface area contributed by atoms with Gasteiger partial charge < -0.3 is 19.9 Å². The van der Waals surface area contributed by atoms with Crippen LogP contribution in [0.5, 0.6) is 5.75 Å². The number of aromatic nitrogens is 1. The molecule has 4 atom stereocenters. The Labute approximate surface area is 197 Å². The minimum absolute atomic E-state index is 0.126. The molecule has 8 nitrogen and oxygen atoms in total. The number of rotatable bonds is 7. The predicted molar refractivity (Wildman–Crippen MR) is 126 cm³/mol. The first kappa shape index (κ1) is 23.2. The molecule has 174 valence electrons. The smallest absolute Gasteiger partial charge is 0.271 e. The van der Waals surface area contributed by atoms with Crippen molar-refractivity contribution in [3.05, 3.63) is 30.0 Å². The maximum absolute atomic E-state index is 13.4. The van der Waals surface area contributed by atoms with Crippen molar-refractivity contribution in [3.63, 3.8) is 0 Å². The van der Waals surface area contributed by atoms with Gasteiger partial charge in [-0.3, -0.25) is 14.4 Å². The SMILES string of the molecule is COc1cccc2[nH]c(C(=O)N3CC(SC)CC3C(=O)NC(C#N)CC3CCCC3=O)cc12. The molecular formula is C24H28N4O4S. The number of nitrogens with one attached hydrogen (secondary N) is 2. The van der Waals surface area contributed by atoms with Crippen LogP contribution in [0.1, 0.15) is 42.6 Å². The van der Waals surface area contributed by atoms with Gasteiger partial charge in [0.25, 0.3) is 5.91 Å². The van der Waals surface area contributed by atoms with E-state index < -0.39 is 12.1 Å². The third kappa shape index (κ3) is 4.71. The Morgan fingerprint density at radius 1 is 1.42 bits per heavy atom. The first-order chi connectivity index (χ1) is 15.9. The Morgan fingerprint density at radius 2 is 2.24 bits per heavy atom. The Hall–Kier alpha value is -2.99. The molecule has 2 amide bonds. The fraction of sp³-hybridized carbons (Fsp3) is 0.500. The van der Waals surface area contributed by atoms with E-state index in [-0.39, 0.29) is 28.8 Å². The van der Waals surface area contributed by atoms with Crippen LogP contribution in [-0.4, -0.2) is 64.7 Å². The number of likely N-dealkylation sites (tertiary alicyclic amines) is 1. The van der Waals surface area contributed by atoms with Crippen LogP contribution < -0.4 is 10.1 Å². The number of amides is 2. The van der Waals surface area contributed by atoms with Gasteiger partial charge in [-0.2, -0.15) is 17.0 Å². The minimum Gasteiger partial charge on any atom is -0.496 e. The molecule has 1 aromatic carbocycles. The molecule has 1 aromatic heterocycles. The van der Waals surface area contributed by atoms with Crippen LogP contribution in [-0.2, 0) is 9.59 Å². The van der Waals surface area contributed by atoms with Crippen LogP contribution in [0.3, 0.4) is 0 Å². The van der Waals surface area contributed by atoms with E-state index in [1.807, 2.05) is 24.5 Å². The van der Waals surface area contributed by atoms with E-state index in [0.29, 0.717) is 37.3 Å². The Morgan fingerprint density at radius 3 is 2.91 bits per heavy atom. The fourth-order valence-electron chi connectivity index (χ4n) is 4.85. The van der Waals surface area contributed by atoms with Crippen LogP contribution >= 0.6 is 11.8 Å². The quantitative estimate of drug-likeness (QED) is 0.646. The van der Waals surface area contributed by atoms with Crippen molar-refractivity contribution in [2.75, 3.05) is 19.9 Å². The van der Waals surface area contributed by atoms with E-state index >= 15 is 0 Å². The zero-order valence-electron chi connectivity index (χ0n) is 18.8. The van der Waals surface area contributed by atoms with Crippen molar-refractivity contribution in [1.29, 1.82) is 5.26 Å². The second-order valence-corrected chi connectivity index (χ2v) is 9.79. The minimum atomic E-state index is -0.743. The lowest BCUT2D eigenvalue weighted by Gasteiger charge is -2.25. The predicted octanol–water partition coefficient (Wildman–Crippen LogP) is 2.89. The van der Waals surface area contributed by atoms with Crippen molar-refractivity contribution in [3.8, 4) is 11.8 Å². The van der Waals surface area contributed by atoms with Gasteiger partial charge in [-0.05, 0) is 50.1 Å². The van der Waals surface area contributed by atoms with E-state index in [2.05, 4.69) is 16.4 Å². The van der Waals surface area contributed by atoms with E-state index in [4.69, 9.17) is 4.74 Å². The number of carbonyl (C=O) groups is 3. The highest BCUT2D eigenvalue weighted by molar-refractivity contribution is 7.99. The van der Waals surface area contributed by atoms with Gasteiger partial charge in [0.1, 0.15) is 29.3 Å². The second kappa shape index (κ2) is 9.87. The molecule has 1 saturated heterocycles. The molecule has 0 spiro atoms. The number of nitrogens with zero attached hydrogens (tertiary/aromatic N) is 2. The van der Waals surface area contributed by atoms with Crippen molar-refractivity contribution in [1.82, 2.24) is 15.2 Å². The zero-order valence-corrected chi connectivity index (χ0v) is 19.6. The summed E-state index contributed by atoms with van der Waals surface area (Å²) >= 11 is 1.62. The molecule has 2 fully saturated rings. The average molecular weight is 469 g/mol. The number of thioether (sulfide) groups is 1. The van der Waals surface area contributed by atoms with E-state index in [0.717, 1.165) is 23.7 Å². The summed E-state index contributed by atoms with van der Waals surface area (Å²) in [4.78, 5) is 43.3. The fourth-order valence-corrected chi connectivity index (χ4v) is 5.53. The second-order valence-electron chi connectivity index (χ2n) is 8.65. The average Bonchev–Trinajstić information content (AvgIpc) is 3.55. The van der Waals surface area contributed by atoms with Gasteiger partial charge in [0.15, 0.2) is 0 Å². The lowest BCUT2D eigenvalue weighted by Crippen LogP contribution is -2.49. The van der Waals surface area contributed by atoms with Crippen LogP contribution in [0.2, 0.25) is 0 Å². The molecule has 1 saturated carbocycles. The Kier molecular flexibility index (Phi) is 6.94. The summed E-state index contributed by atoms with van der Waals surface area (Å²) in [6, 6.07) is 8.01. The number of hydrogen-bond acceptors (Lipinski definition) is 6. The largest absolute Gasteiger partial charge is 0.496 e. The highest BCUT2D eigenvalue weighted by atomic mass is 32.2. The van der Waals surface area contributed by atoms with Gasteiger partial charge in [0.2, 0.25) is 5.91 Å². The van der Waals surface area contributed by atoms with Gasteiger partial charge >= 0.3 is 0 Å². The van der Waals surface area contributed by atoms with Crippen LogP contribution in [0, 0.1) is 17.2 Å². The number of aromatic amines is 1. The third-order valence-electron chi connectivity index (χ3n) is 6.66. The lowest BCUT2D eigenvalue weighted by atomic mass is 9.98. The van der Waals surface area contributed by atoms with Gasteiger partial charge in [0.05, 0.1) is 13.2 Å². The molecule has 9 heteroatoms. The molecule has 0 radical (unpaired) electrons. The number of benzene rings is 1. The maximum atomic E-state index is 13.4. The number of fused-ring (bicyclic) bond motifs is 1. The summed E-state index contributed by atoms with van der Waals surface area (Å²) in [5.74, 6) is 0.0595. The molecule has 2 aromatic rings. The summed E-state index contributed by atoms with van der Waals surface area (Å²) in [5, 5.41) is 13.3. The number of ketones is 1. The van der Waals surface area contributed by atoms with Crippen LogP contribution in [0.4, 0.5) is 0 Å². The molecule has 4 rings (SSSR count). The zero-order chi connectivity index (χ0) is 23.5. The molecule has 4 unspecified atom stereocenters. The van der Waals surface area contributed by atoms with Crippen molar-refractivity contribution in [2.45, 2.75) is 49.4 Å². The van der Waals surface area contributed by atoms with E-state index in [1.54, 1.807) is 29.8 Å². The molecule has 2 N–H and O–H groups in total. The summed E-state index contributed by atoms with van der Waals surface area (Å²) < 4.78 is 5.39. The van der Waals surface area contributed by atoms with Crippen molar-refractivity contribution >= 4 is 40.3 Å². The highest BCUT2D eigenvalue weighted by Crippen LogP contribution is 2.31. The number of H-pyrrole nitrogens is 1. The monoisotopic (exact) mass is 468 g/mol. The molecular weight excluding hydrogens is 440 g/mol. The van der Waals surface area contributed by atoms with Crippen molar-refractivity contribution in [2.24, 2.45) is 5.92 Å². The van der Waals surface area contributed by atoms with Gasteiger partial charge in [0, 0.05) is 35.0 Å². The number of Topliss-reactive ketones (excluding diaryl/α,β-unsaturated/α-hetero) is 1. The third-order valence-corrected chi connectivity index (χ3v) is 7.67. The van der Waals surface area contributed by atoms with E-state index in [1.165, 1.54) is 0 Å². The normalized spacial score (nSPS) is 23.5. The van der Waals surface area contributed by atoms with E-state index in [9.17, 15) is 19.6 Å². The first-order valence-corrected chi connectivity index (χ1v) is 12.5. The van der Waals surface area contributed by atoms with Crippen molar-refractivity contribution < 1.29 is 19.1 Å². The number of hydrogen-bond donors (Lipinski definition) is 2. The van der Waals surface area contributed by atoms with Crippen LogP contribution in [0.15, 0.2) is 24.3 Å². The number of carbonyl (C=O) groups excluding carboxylic acids is 3.